The summed E-state index contributed by atoms with van der Waals surface area (Å²) in [6.07, 6.45) is 1.68. The van der Waals surface area contributed by atoms with Crippen molar-refractivity contribution in [2.24, 2.45) is 5.73 Å². The first-order valence-corrected chi connectivity index (χ1v) is 6.46. The number of aryl methyl sites for hydroxylation is 1. The van der Waals surface area contributed by atoms with Gasteiger partial charge in [0.2, 0.25) is 0 Å². The minimum Gasteiger partial charge on any atom is -0.455 e. The van der Waals surface area contributed by atoms with Gasteiger partial charge < -0.3 is 10.5 Å². The molecule has 1 heterocycles. The molecule has 0 atom stereocenters. The van der Waals surface area contributed by atoms with Gasteiger partial charge in [0.05, 0.1) is 10.7 Å². The third-order valence-corrected chi connectivity index (χ3v) is 3.18. The van der Waals surface area contributed by atoms with E-state index in [9.17, 15) is 0 Å². The first kappa shape index (κ1) is 13.0. The molecule has 1 aromatic heterocycles. The lowest BCUT2D eigenvalue weighted by Gasteiger charge is -2.08. The number of nitrogens with two attached hydrogens (primary N) is 1. The largest absolute Gasteiger partial charge is 0.455 e. The zero-order chi connectivity index (χ0) is 13.1. The monoisotopic (exact) mass is 322 g/mol. The second kappa shape index (κ2) is 5.46. The van der Waals surface area contributed by atoms with Gasteiger partial charge in [-0.25, -0.2) is 0 Å². The maximum atomic E-state index is 5.71. The van der Waals surface area contributed by atoms with E-state index in [4.69, 9.17) is 22.7 Å². The first-order valence-electron chi connectivity index (χ1n) is 5.26. The van der Waals surface area contributed by atoms with E-state index in [0.717, 1.165) is 15.7 Å². The van der Waals surface area contributed by atoms with Gasteiger partial charge in [-0.2, -0.15) is 0 Å². The molecule has 0 aliphatic rings. The molecule has 1 aromatic carbocycles. The van der Waals surface area contributed by atoms with E-state index in [1.807, 2.05) is 37.3 Å². The number of benzene rings is 1. The average molecular weight is 323 g/mol. The van der Waals surface area contributed by atoms with Crippen molar-refractivity contribution >= 4 is 33.1 Å². The van der Waals surface area contributed by atoms with Crippen LogP contribution in [0.3, 0.4) is 0 Å². The Balaban J connectivity index is 2.24. The van der Waals surface area contributed by atoms with Crippen LogP contribution in [0.4, 0.5) is 0 Å². The van der Waals surface area contributed by atoms with Gasteiger partial charge in [0.1, 0.15) is 16.5 Å². The fourth-order valence-corrected chi connectivity index (χ4v) is 1.97. The van der Waals surface area contributed by atoms with Crippen LogP contribution in [-0.4, -0.2) is 9.97 Å². The molecule has 0 unspecified atom stereocenters. The Bertz CT molecular complexity index is 584. The number of hydrogen-bond donors (Lipinski definition) is 1. The Morgan fingerprint density at radius 3 is 2.67 bits per heavy atom. The molecule has 2 rings (SSSR count). The summed E-state index contributed by atoms with van der Waals surface area (Å²) in [5, 5.41) is 0. The Hall–Kier alpha value is -1.46. The predicted octanol–water partition coefficient (Wildman–Crippen LogP) is 3.58. The lowest BCUT2D eigenvalue weighted by molar-refractivity contribution is 0.477. The molecule has 0 bridgehead atoms. The van der Waals surface area contributed by atoms with E-state index in [1.165, 1.54) is 0 Å². The van der Waals surface area contributed by atoms with Gasteiger partial charge in [0.15, 0.2) is 0 Å². The van der Waals surface area contributed by atoms with E-state index in [0.29, 0.717) is 16.5 Å². The summed E-state index contributed by atoms with van der Waals surface area (Å²) in [6, 6.07) is 9.24. The average Bonchev–Trinajstić information content (AvgIpc) is 2.34. The molecule has 18 heavy (non-hydrogen) atoms. The molecular formula is C13H11BrN2OS. The quantitative estimate of drug-likeness (QED) is 0.877. The number of aromatic nitrogens is 1. The van der Waals surface area contributed by atoms with Crippen molar-refractivity contribution in [3.05, 3.63) is 52.3 Å². The SMILES string of the molecule is Cc1ccc(Oc2ccc(C(N)=S)cc2Br)cn1. The normalized spacial score (nSPS) is 10.1. The number of ether oxygens (including phenoxy) is 1. The van der Waals surface area contributed by atoms with Crippen LogP contribution in [0.1, 0.15) is 11.3 Å². The summed E-state index contributed by atoms with van der Waals surface area (Å²) in [5.41, 5.74) is 7.31. The van der Waals surface area contributed by atoms with E-state index in [1.54, 1.807) is 6.20 Å². The highest BCUT2D eigenvalue weighted by atomic mass is 79.9. The summed E-state index contributed by atoms with van der Waals surface area (Å²) in [5.74, 6) is 1.38. The molecule has 0 saturated carbocycles. The summed E-state index contributed by atoms with van der Waals surface area (Å²) in [6.45, 7) is 1.93. The minimum absolute atomic E-state index is 0.360. The van der Waals surface area contributed by atoms with E-state index >= 15 is 0 Å². The van der Waals surface area contributed by atoms with Crippen molar-refractivity contribution < 1.29 is 4.74 Å². The van der Waals surface area contributed by atoms with Crippen molar-refractivity contribution in [1.82, 2.24) is 4.98 Å². The van der Waals surface area contributed by atoms with Crippen molar-refractivity contribution in [1.29, 1.82) is 0 Å². The van der Waals surface area contributed by atoms with Crippen molar-refractivity contribution in [3.63, 3.8) is 0 Å². The van der Waals surface area contributed by atoms with Crippen LogP contribution in [0, 0.1) is 6.92 Å². The van der Waals surface area contributed by atoms with Crippen molar-refractivity contribution in [2.75, 3.05) is 0 Å². The van der Waals surface area contributed by atoms with Crippen LogP contribution in [0.2, 0.25) is 0 Å². The molecule has 0 spiro atoms. The van der Waals surface area contributed by atoms with Crippen LogP contribution in [-0.2, 0) is 0 Å². The van der Waals surface area contributed by atoms with E-state index in [2.05, 4.69) is 20.9 Å². The highest BCUT2D eigenvalue weighted by molar-refractivity contribution is 9.10. The molecule has 0 aliphatic carbocycles. The van der Waals surface area contributed by atoms with Crippen LogP contribution in [0.15, 0.2) is 41.0 Å². The molecule has 0 fully saturated rings. The van der Waals surface area contributed by atoms with Gasteiger partial charge in [-0.1, -0.05) is 12.2 Å². The molecule has 0 saturated heterocycles. The number of hydrogen-bond acceptors (Lipinski definition) is 3. The van der Waals surface area contributed by atoms with Gasteiger partial charge in [-0.15, -0.1) is 0 Å². The molecule has 2 aromatic rings. The number of thiocarbonyl (C=S) groups is 1. The molecule has 0 radical (unpaired) electrons. The highest BCUT2D eigenvalue weighted by Crippen LogP contribution is 2.30. The fraction of sp³-hybridized carbons (Fsp3) is 0.0769. The third-order valence-electron chi connectivity index (χ3n) is 2.33. The standard InChI is InChI=1S/C13H11BrN2OS/c1-8-2-4-10(7-16-8)17-12-5-3-9(13(15)18)6-11(12)14/h2-7H,1H3,(H2,15,18). The van der Waals surface area contributed by atoms with Gasteiger partial charge in [-0.3, -0.25) is 4.98 Å². The smallest absolute Gasteiger partial charge is 0.145 e. The Labute approximate surface area is 119 Å². The Kier molecular flexibility index (Phi) is 3.93. The molecule has 0 amide bonds. The molecule has 5 heteroatoms. The van der Waals surface area contributed by atoms with Crippen molar-refractivity contribution in [2.45, 2.75) is 6.92 Å². The number of nitrogens with zero attached hydrogens (tertiary/aromatic N) is 1. The van der Waals surface area contributed by atoms with Crippen LogP contribution < -0.4 is 10.5 Å². The van der Waals surface area contributed by atoms with Gasteiger partial charge >= 0.3 is 0 Å². The third kappa shape index (κ3) is 3.05. The lowest BCUT2D eigenvalue weighted by Crippen LogP contribution is -2.09. The zero-order valence-electron chi connectivity index (χ0n) is 9.68. The van der Waals surface area contributed by atoms with Crippen LogP contribution in [0.5, 0.6) is 11.5 Å². The second-order valence-electron chi connectivity index (χ2n) is 3.75. The minimum atomic E-state index is 0.360. The molecule has 2 N–H and O–H groups in total. The van der Waals surface area contributed by atoms with Crippen LogP contribution >= 0.6 is 28.1 Å². The lowest BCUT2D eigenvalue weighted by atomic mass is 10.2. The number of pyridine rings is 1. The summed E-state index contributed by atoms with van der Waals surface area (Å²) in [4.78, 5) is 4.53. The summed E-state index contributed by atoms with van der Waals surface area (Å²) in [7, 11) is 0. The fourth-order valence-electron chi connectivity index (χ4n) is 1.38. The topological polar surface area (TPSA) is 48.1 Å². The van der Waals surface area contributed by atoms with Gasteiger partial charge in [-0.05, 0) is 53.2 Å². The summed E-state index contributed by atoms with van der Waals surface area (Å²) < 4.78 is 6.50. The predicted molar refractivity (Wildman–Crippen MR) is 79.1 cm³/mol. The van der Waals surface area contributed by atoms with Crippen LogP contribution in [0.25, 0.3) is 0 Å². The Morgan fingerprint density at radius 2 is 2.11 bits per heavy atom. The highest BCUT2D eigenvalue weighted by Gasteiger charge is 2.05. The maximum Gasteiger partial charge on any atom is 0.145 e. The molecule has 0 aliphatic heterocycles. The van der Waals surface area contributed by atoms with E-state index < -0.39 is 0 Å². The number of rotatable bonds is 3. The zero-order valence-corrected chi connectivity index (χ0v) is 12.1. The maximum absolute atomic E-state index is 5.71. The van der Waals surface area contributed by atoms with Gasteiger partial charge in [0, 0.05) is 11.3 Å². The van der Waals surface area contributed by atoms with Crippen molar-refractivity contribution in [3.8, 4) is 11.5 Å². The second-order valence-corrected chi connectivity index (χ2v) is 5.04. The first-order chi connectivity index (χ1) is 8.56. The molecule has 3 nitrogen and oxygen atoms in total. The summed E-state index contributed by atoms with van der Waals surface area (Å²) >= 11 is 8.34. The molecule has 92 valence electrons. The molecular weight excluding hydrogens is 312 g/mol. The Morgan fingerprint density at radius 1 is 1.33 bits per heavy atom. The number of halogens is 1. The van der Waals surface area contributed by atoms with E-state index in [-0.39, 0.29) is 0 Å². The van der Waals surface area contributed by atoms with Gasteiger partial charge in [0.25, 0.3) is 0 Å².